The average molecular weight is 236 g/mol. The summed E-state index contributed by atoms with van der Waals surface area (Å²) in [7, 11) is 0. The Balaban J connectivity index is 1.79. The summed E-state index contributed by atoms with van der Waals surface area (Å²) in [5.41, 5.74) is 1.02. The predicted octanol–water partition coefficient (Wildman–Crippen LogP) is 2.90. The quantitative estimate of drug-likeness (QED) is 0.867. The molecule has 0 aliphatic carbocycles. The summed E-state index contributed by atoms with van der Waals surface area (Å²) in [4.78, 5) is 2.71. The van der Waals surface area contributed by atoms with Gasteiger partial charge in [-0.25, -0.2) is 0 Å². The third-order valence-corrected chi connectivity index (χ3v) is 3.37. The number of rotatable bonds is 5. The van der Waals surface area contributed by atoms with E-state index in [4.69, 9.17) is 4.52 Å². The lowest BCUT2D eigenvalue weighted by Gasteiger charge is -1.98. The molecule has 0 bridgehead atoms. The van der Waals surface area contributed by atoms with Gasteiger partial charge in [-0.2, -0.15) is 0 Å². The van der Waals surface area contributed by atoms with E-state index in [1.165, 1.54) is 9.75 Å². The summed E-state index contributed by atoms with van der Waals surface area (Å²) in [5, 5.41) is 7.30. The smallest absolute Gasteiger partial charge is 0.150 e. The predicted molar refractivity (Wildman–Crippen MR) is 65.5 cm³/mol. The first-order valence-corrected chi connectivity index (χ1v) is 6.30. The number of hydrogen-bond acceptors (Lipinski definition) is 4. The Hall–Kier alpha value is -1.13. The molecule has 2 rings (SSSR count). The molecule has 0 amide bonds. The summed E-state index contributed by atoms with van der Waals surface area (Å²) in [5.74, 6) is 0.908. The number of aryl methyl sites for hydroxylation is 2. The van der Waals surface area contributed by atoms with Gasteiger partial charge < -0.3 is 9.84 Å². The zero-order valence-corrected chi connectivity index (χ0v) is 10.4. The SMILES string of the molecule is CCc1cc(CNCc2ccc(C)s2)on1. The van der Waals surface area contributed by atoms with Crippen LogP contribution >= 0.6 is 11.3 Å². The third kappa shape index (κ3) is 2.93. The molecule has 0 spiro atoms. The summed E-state index contributed by atoms with van der Waals surface area (Å²) < 4.78 is 5.19. The van der Waals surface area contributed by atoms with Crippen molar-refractivity contribution >= 4 is 11.3 Å². The molecule has 3 nitrogen and oxygen atoms in total. The molecule has 1 N–H and O–H groups in total. The van der Waals surface area contributed by atoms with E-state index >= 15 is 0 Å². The minimum Gasteiger partial charge on any atom is -0.360 e. The fourth-order valence-corrected chi connectivity index (χ4v) is 2.35. The van der Waals surface area contributed by atoms with E-state index in [0.717, 1.165) is 31.0 Å². The molecule has 0 aliphatic heterocycles. The highest BCUT2D eigenvalue weighted by molar-refractivity contribution is 7.11. The van der Waals surface area contributed by atoms with E-state index < -0.39 is 0 Å². The average Bonchev–Trinajstić information content (AvgIpc) is 2.88. The van der Waals surface area contributed by atoms with Gasteiger partial charge in [0.25, 0.3) is 0 Å². The molecular formula is C12H16N2OS. The maximum atomic E-state index is 5.19. The molecule has 0 fully saturated rings. The van der Waals surface area contributed by atoms with Gasteiger partial charge in [0.2, 0.25) is 0 Å². The van der Waals surface area contributed by atoms with Gasteiger partial charge in [0, 0.05) is 22.4 Å². The first-order valence-electron chi connectivity index (χ1n) is 5.48. The van der Waals surface area contributed by atoms with E-state index in [1.54, 1.807) is 0 Å². The minimum atomic E-state index is 0.740. The van der Waals surface area contributed by atoms with Crippen LogP contribution in [0.5, 0.6) is 0 Å². The Labute approximate surface area is 99.5 Å². The summed E-state index contributed by atoms with van der Waals surface area (Å²) >= 11 is 1.82. The highest BCUT2D eigenvalue weighted by Crippen LogP contribution is 2.14. The molecule has 0 unspecified atom stereocenters. The molecule has 86 valence electrons. The van der Waals surface area contributed by atoms with Crippen molar-refractivity contribution in [3.8, 4) is 0 Å². The van der Waals surface area contributed by atoms with Crippen LogP contribution in [0, 0.1) is 6.92 Å². The third-order valence-electron chi connectivity index (χ3n) is 2.36. The fraction of sp³-hybridized carbons (Fsp3) is 0.417. The molecular weight excluding hydrogens is 220 g/mol. The topological polar surface area (TPSA) is 38.1 Å². The lowest BCUT2D eigenvalue weighted by molar-refractivity contribution is 0.368. The van der Waals surface area contributed by atoms with Crippen molar-refractivity contribution < 1.29 is 4.52 Å². The number of hydrogen-bond donors (Lipinski definition) is 1. The molecule has 0 saturated heterocycles. The summed E-state index contributed by atoms with van der Waals surface area (Å²) in [6.45, 7) is 5.83. The van der Waals surface area contributed by atoms with Crippen LogP contribution in [0.4, 0.5) is 0 Å². The molecule has 16 heavy (non-hydrogen) atoms. The van der Waals surface area contributed by atoms with Crippen molar-refractivity contribution in [2.75, 3.05) is 0 Å². The second-order valence-corrected chi connectivity index (χ2v) is 5.13. The first-order chi connectivity index (χ1) is 7.78. The van der Waals surface area contributed by atoms with Crippen LogP contribution in [0.2, 0.25) is 0 Å². The van der Waals surface area contributed by atoms with Gasteiger partial charge >= 0.3 is 0 Å². The van der Waals surface area contributed by atoms with Crippen molar-refractivity contribution in [3.63, 3.8) is 0 Å². The molecule has 0 atom stereocenters. The van der Waals surface area contributed by atoms with Crippen LogP contribution < -0.4 is 5.32 Å². The maximum Gasteiger partial charge on any atom is 0.150 e. The van der Waals surface area contributed by atoms with Crippen molar-refractivity contribution in [1.82, 2.24) is 10.5 Å². The molecule has 2 aromatic heterocycles. The minimum absolute atomic E-state index is 0.740. The largest absolute Gasteiger partial charge is 0.360 e. The Bertz CT molecular complexity index is 447. The van der Waals surface area contributed by atoms with Crippen LogP contribution in [0.25, 0.3) is 0 Å². The number of nitrogens with one attached hydrogen (secondary N) is 1. The van der Waals surface area contributed by atoms with Gasteiger partial charge in [-0.3, -0.25) is 0 Å². The molecule has 0 radical (unpaired) electrons. The molecule has 2 aromatic rings. The van der Waals surface area contributed by atoms with Crippen molar-refractivity contribution in [2.24, 2.45) is 0 Å². The summed E-state index contributed by atoms with van der Waals surface area (Å²) in [6.07, 6.45) is 0.924. The molecule has 0 aromatic carbocycles. The van der Waals surface area contributed by atoms with Gasteiger partial charge in [0.15, 0.2) is 5.76 Å². The van der Waals surface area contributed by atoms with Crippen LogP contribution in [0.3, 0.4) is 0 Å². The second kappa shape index (κ2) is 5.27. The van der Waals surface area contributed by atoms with Gasteiger partial charge in [-0.15, -0.1) is 11.3 Å². The van der Waals surface area contributed by atoms with E-state index in [0.29, 0.717) is 0 Å². The standard InChI is InChI=1S/C12H16N2OS/c1-3-10-6-11(15-14-10)7-13-8-12-5-4-9(2)16-12/h4-6,13H,3,7-8H2,1-2H3. The second-order valence-electron chi connectivity index (χ2n) is 3.75. The van der Waals surface area contributed by atoms with E-state index in [2.05, 4.69) is 36.5 Å². The molecule has 0 aliphatic rings. The van der Waals surface area contributed by atoms with Crippen molar-refractivity contribution in [2.45, 2.75) is 33.4 Å². The van der Waals surface area contributed by atoms with E-state index in [1.807, 2.05) is 17.4 Å². The van der Waals surface area contributed by atoms with Gasteiger partial charge in [0.05, 0.1) is 12.2 Å². The Kier molecular flexibility index (Phi) is 3.74. The maximum absolute atomic E-state index is 5.19. The Morgan fingerprint density at radius 2 is 2.25 bits per heavy atom. The van der Waals surface area contributed by atoms with Crippen LogP contribution in [-0.2, 0) is 19.5 Å². The lowest BCUT2D eigenvalue weighted by Crippen LogP contribution is -2.10. The fourth-order valence-electron chi connectivity index (χ4n) is 1.49. The zero-order valence-electron chi connectivity index (χ0n) is 9.62. The van der Waals surface area contributed by atoms with Crippen molar-refractivity contribution in [1.29, 1.82) is 0 Å². The zero-order chi connectivity index (χ0) is 11.4. The molecule has 2 heterocycles. The normalized spacial score (nSPS) is 10.9. The van der Waals surface area contributed by atoms with Gasteiger partial charge in [0.1, 0.15) is 0 Å². The molecule has 0 saturated carbocycles. The van der Waals surface area contributed by atoms with Crippen molar-refractivity contribution in [3.05, 3.63) is 39.4 Å². The first kappa shape index (κ1) is 11.4. The Morgan fingerprint density at radius 1 is 1.38 bits per heavy atom. The number of nitrogens with zero attached hydrogens (tertiary/aromatic N) is 1. The van der Waals surface area contributed by atoms with Crippen LogP contribution in [0.1, 0.15) is 28.1 Å². The Morgan fingerprint density at radius 3 is 2.88 bits per heavy atom. The van der Waals surface area contributed by atoms with E-state index in [-0.39, 0.29) is 0 Å². The summed E-state index contributed by atoms with van der Waals surface area (Å²) in [6, 6.07) is 6.31. The van der Waals surface area contributed by atoms with Gasteiger partial charge in [-0.1, -0.05) is 12.1 Å². The van der Waals surface area contributed by atoms with E-state index in [9.17, 15) is 0 Å². The highest BCUT2D eigenvalue weighted by Gasteiger charge is 2.02. The number of thiophene rings is 1. The molecule has 4 heteroatoms. The van der Waals surface area contributed by atoms with Crippen LogP contribution in [0.15, 0.2) is 22.7 Å². The van der Waals surface area contributed by atoms with Crippen LogP contribution in [-0.4, -0.2) is 5.16 Å². The monoisotopic (exact) mass is 236 g/mol. The highest BCUT2D eigenvalue weighted by atomic mass is 32.1. The number of aromatic nitrogens is 1. The lowest BCUT2D eigenvalue weighted by atomic mass is 10.3. The van der Waals surface area contributed by atoms with Gasteiger partial charge in [-0.05, 0) is 25.5 Å².